The zero-order chi connectivity index (χ0) is 15.1. The van der Waals surface area contributed by atoms with Gasteiger partial charge in [0.2, 0.25) is 0 Å². The van der Waals surface area contributed by atoms with Crippen molar-refractivity contribution in [1.82, 2.24) is 0 Å². The Hall–Kier alpha value is -1.83. The number of ether oxygens (including phenoxy) is 1. The molecule has 3 rings (SSSR count). The van der Waals surface area contributed by atoms with Gasteiger partial charge in [-0.25, -0.2) is 4.39 Å². The molecule has 1 amide bonds. The zero-order valence-corrected chi connectivity index (χ0v) is 11.0. The van der Waals surface area contributed by atoms with E-state index < -0.39 is 42.9 Å². The van der Waals surface area contributed by atoms with Crippen LogP contribution in [0, 0.1) is 0 Å². The van der Waals surface area contributed by atoms with E-state index in [1.54, 1.807) is 24.3 Å². The van der Waals surface area contributed by atoms with Crippen molar-refractivity contribution in [3.8, 4) is 0 Å². The number of hydrogen-bond donors (Lipinski definition) is 3. The Morgan fingerprint density at radius 2 is 2.10 bits per heavy atom. The minimum Gasteiger partial charge on any atom is -0.394 e. The number of amidine groups is 1. The van der Waals surface area contributed by atoms with E-state index in [0.29, 0.717) is 11.1 Å². The number of nitrogens with zero attached hydrogens (tertiary/aromatic N) is 1. The molecular formula is C14H15FN2O4. The second kappa shape index (κ2) is 5.18. The number of aliphatic hydroxyl groups is 2. The third-order valence-electron chi connectivity index (χ3n) is 3.93. The molecule has 4 N–H and O–H groups in total. The van der Waals surface area contributed by atoms with Crippen molar-refractivity contribution < 1.29 is 24.1 Å². The van der Waals surface area contributed by atoms with Gasteiger partial charge in [-0.3, -0.25) is 4.79 Å². The Bertz CT molecular complexity index is 606. The highest BCUT2D eigenvalue weighted by molar-refractivity contribution is 6.10. The number of hydrogen-bond acceptors (Lipinski definition) is 5. The molecule has 5 atom stereocenters. The van der Waals surface area contributed by atoms with E-state index in [4.69, 9.17) is 15.6 Å². The monoisotopic (exact) mass is 294 g/mol. The van der Waals surface area contributed by atoms with Gasteiger partial charge >= 0.3 is 0 Å². The lowest BCUT2D eigenvalue weighted by Crippen LogP contribution is -2.38. The number of halogens is 1. The smallest absolute Gasteiger partial charge is 0.257 e. The molecular weight excluding hydrogens is 279 g/mol. The van der Waals surface area contributed by atoms with Crippen molar-refractivity contribution in [3.63, 3.8) is 0 Å². The van der Waals surface area contributed by atoms with Crippen LogP contribution >= 0.6 is 0 Å². The van der Waals surface area contributed by atoms with E-state index in [1.807, 2.05) is 0 Å². The van der Waals surface area contributed by atoms with E-state index in [9.17, 15) is 14.3 Å². The third kappa shape index (κ3) is 2.14. The average Bonchev–Trinajstić information content (AvgIpc) is 2.75. The molecule has 0 radical (unpaired) electrons. The van der Waals surface area contributed by atoms with Gasteiger partial charge in [-0.15, -0.1) is 0 Å². The van der Waals surface area contributed by atoms with Gasteiger partial charge in [0.25, 0.3) is 5.91 Å². The Morgan fingerprint density at radius 3 is 2.76 bits per heavy atom. The fourth-order valence-electron chi connectivity index (χ4n) is 2.87. The fraction of sp³-hybridized carbons (Fsp3) is 0.429. The van der Waals surface area contributed by atoms with Crippen molar-refractivity contribution >= 4 is 11.7 Å². The van der Waals surface area contributed by atoms with Gasteiger partial charge in [0.05, 0.1) is 12.5 Å². The van der Waals surface area contributed by atoms with Gasteiger partial charge in [-0.2, -0.15) is 4.99 Å². The predicted octanol–water partition coefficient (Wildman–Crippen LogP) is -0.526. The number of amides is 1. The van der Waals surface area contributed by atoms with Gasteiger partial charge < -0.3 is 20.7 Å². The minimum absolute atomic E-state index is 0.0829. The lowest BCUT2D eigenvalue weighted by Gasteiger charge is -2.27. The SMILES string of the molecule is NC1=NC(=O)C([C@@H]2O[C@H](CO)[C@@H](O)[C@H]2F)c2ccccc21. The van der Waals surface area contributed by atoms with Crippen molar-refractivity contribution in [2.75, 3.05) is 6.61 Å². The molecule has 0 aliphatic carbocycles. The standard InChI is InChI=1S/C14H15FN2O4/c15-10-11(19)8(5-18)21-12(10)9-6-3-1-2-4-7(6)13(16)17-14(9)20/h1-4,8-12,18-19H,5H2,(H2,16,17,20)/t8-,9?,10-,11-,12+/m1/s1. The molecule has 1 aromatic carbocycles. The van der Waals surface area contributed by atoms with Crippen molar-refractivity contribution in [1.29, 1.82) is 0 Å². The highest BCUT2D eigenvalue weighted by Gasteiger charge is 2.51. The highest BCUT2D eigenvalue weighted by atomic mass is 19.1. The van der Waals surface area contributed by atoms with Crippen LogP contribution in [0.1, 0.15) is 17.0 Å². The van der Waals surface area contributed by atoms with Gasteiger partial charge in [0.1, 0.15) is 24.1 Å². The Labute approximate surface area is 120 Å². The number of nitrogens with two attached hydrogens (primary N) is 1. The number of fused-ring (bicyclic) bond motifs is 1. The van der Waals surface area contributed by atoms with Gasteiger partial charge in [-0.1, -0.05) is 24.3 Å². The van der Waals surface area contributed by atoms with Crippen LogP contribution in [0.5, 0.6) is 0 Å². The van der Waals surface area contributed by atoms with Gasteiger partial charge in [0.15, 0.2) is 6.17 Å². The van der Waals surface area contributed by atoms with Crippen LogP contribution in [0.15, 0.2) is 29.3 Å². The van der Waals surface area contributed by atoms with E-state index in [-0.39, 0.29) is 5.84 Å². The van der Waals surface area contributed by atoms with E-state index in [0.717, 1.165) is 0 Å². The second-order valence-electron chi connectivity index (χ2n) is 5.16. The summed E-state index contributed by atoms with van der Waals surface area (Å²) in [7, 11) is 0. The summed E-state index contributed by atoms with van der Waals surface area (Å²) in [6, 6.07) is 6.80. The number of alkyl halides is 1. The summed E-state index contributed by atoms with van der Waals surface area (Å²) in [6.07, 6.45) is -5.49. The third-order valence-corrected chi connectivity index (χ3v) is 3.93. The maximum Gasteiger partial charge on any atom is 0.257 e. The predicted molar refractivity (Wildman–Crippen MR) is 71.6 cm³/mol. The van der Waals surface area contributed by atoms with Crippen LogP contribution < -0.4 is 5.73 Å². The number of carbonyl (C=O) groups is 1. The molecule has 2 aliphatic rings. The highest BCUT2D eigenvalue weighted by Crippen LogP contribution is 2.38. The normalized spacial score (nSPS) is 35.5. The molecule has 0 spiro atoms. The summed E-state index contributed by atoms with van der Waals surface area (Å²) >= 11 is 0. The average molecular weight is 294 g/mol. The van der Waals surface area contributed by atoms with Crippen LogP contribution in [0.25, 0.3) is 0 Å². The number of benzene rings is 1. The molecule has 0 saturated carbocycles. The summed E-state index contributed by atoms with van der Waals surface area (Å²) in [4.78, 5) is 15.9. The first-order valence-corrected chi connectivity index (χ1v) is 6.60. The molecule has 21 heavy (non-hydrogen) atoms. The first kappa shape index (κ1) is 14.1. The summed E-state index contributed by atoms with van der Waals surface area (Å²) in [6.45, 7) is -0.522. The summed E-state index contributed by atoms with van der Waals surface area (Å²) in [5, 5.41) is 18.8. The molecule has 1 aromatic rings. The van der Waals surface area contributed by atoms with Crippen molar-refractivity contribution in [2.45, 2.75) is 30.4 Å². The quantitative estimate of drug-likeness (QED) is 0.680. The maximum absolute atomic E-state index is 14.2. The molecule has 112 valence electrons. The van der Waals surface area contributed by atoms with Crippen LogP contribution in [-0.2, 0) is 9.53 Å². The van der Waals surface area contributed by atoms with Gasteiger partial charge in [-0.05, 0) is 5.56 Å². The van der Waals surface area contributed by atoms with Crippen LogP contribution in [0.4, 0.5) is 4.39 Å². The van der Waals surface area contributed by atoms with E-state index in [2.05, 4.69) is 4.99 Å². The summed E-state index contributed by atoms with van der Waals surface area (Å²) < 4.78 is 19.6. The number of aliphatic imine (C=N–C) groups is 1. The van der Waals surface area contributed by atoms with Gasteiger partial charge in [0, 0.05) is 5.56 Å². The minimum atomic E-state index is -1.78. The molecule has 2 aliphatic heterocycles. The molecule has 1 unspecified atom stereocenters. The Balaban J connectivity index is 2.01. The fourth-order valence-corrected chi connectivity index (χ4v) is 2.87. The van der Waals surface area contributed by atoms with Crippen LogP contribution in [-0.4, -0.2) is 53.0 Å². The molecule has 6 nitrogen and oxygen atoms in total. The van der Waals surface area contributed by atoms with E-state index >= 15 is 0 Å². The number of rotatable bonds is 2. The first-order chi connectivity index (χ1) is 10.0. The molecule has 1 fully saturated rings. The summed E-state index contributed by atoms with van der Waals surface area (Å²) in [5.41, 5.74) is 6.80. The Kier molecular flexibility index (Phi) is 3.48. The topological polar surface area (TPSA) is 105 Å². The Morgan fingerprint density at radius 1 is 1.38 bits per heavy atom. The number of aliphatic hydroxyl groups excluding tert-OH is 2. The zero-order valence-electron chi connectivity index (χ0n) is 11.0. The summed E-state index contributed by atoms with van der Waals surface area (Å²) in [5.74, 6) is -1.50. The lowest BCUT2D eigenvalue weighted by molar-refractivity contribution is -0.124. The molecule has 7 heteroatoms. The molecule has 1 saturated heterocycles. The molecule has 2 heterocycles. The van der Waals surface area contributed by atoms with E-state index in [1.165, 1.54) is 0 Å². The maximum atomic E-state index is 14.2. The molecule has 0 bridgehead atoms. The van der Waals surface area contributed by atoms with Crippen LogP contribution in [0.3, 0.4) is 0 Å². The number of carbonyl (C=O) groups excluding carboxylic acids is 1. The van der Waals surface area contributed by atoms with Crippen LogP contribution in [0.2, 0.25) is 0 Å². The lowest BCUT2D eigenvalue weighted by atomic mass is 9.84. The first-order valence-electron chi connectivity index (χ1n) is 6.60. The second-order valence-corrected chi connectivity index (χ2v) is 5.16. The largest absolute Gasteiger partial charge is 0.394 e. The van der Waals surface area contributed by atoms with Crippen molar-refractivity contribution in [3.05, 3.63) is 35.4 Å². The molecule has 0 aromatic heterocycles. The van der Waals surface area contributed by atoms with Crippen molar-refractivity contribution in [2.24, 2.45) is 10.7 Å².